The number of carbonyl (C=O) groups excluding carboxylic acids is 4. The molecule has 0 aromatic rings. The molecule has 21 nitrogen and oxygen atoms in total. The van der Waals surface area contributed by atoms with Crippen LogP contribution in [0.1, 0.15) is 88.5 Å². The Hall–Kier alpha value is -3.54. The second-order valence-corrected chi connectivity index (χ2v) is 18.2. The minimum Gasteiger partial charge on any atom is -0.465 e. The molecule has 3 aliphatic rings. The van der Waals surface area contributed by atoms with Crippen molar-refractivity contribution in [2.24, 2.45) is 5.73 Å². The average Bonchev–Trinajstić information content (AvgIpc) is 3.06. The summed E-state index contributed by atoms with van der Waals surface area (Å²) < 4.78 is 40.3. The number of hydrogen-bond donors (Lipinski definition) is 10. The van der Waals surface area contributed by atoms with Crippen LogP contribution in [-0.2, 0) is 38.0 Å². The number of amides is 4. The first-order valence-electron chi connectivity index (χ1n) is 19.8. The zero-order valence-corrected chi connectivity index (χ0v) is 36.0. The van der Waals surface area contributed by atoms with Crippen molar-refractivity contribution in [3.8, 4) is 0 Å². The monoisotopic (exact) mass is 848 g/mol. The van der Waals surface area contributed by atoms with Crippen LogP contribution in [0.2, 0.25) is 0 Å². The largest absolute Gasteiger partial charge is 0.465 e. The molecule has 0 spiro atoms. The van der Waals surface area contributed by atoms with Gasteiger partial charge < -0.3 is 85.9 Å². The van der Waals surface area contributed by atoms with E-state index in [0.717, 1.165) is 0 Å². The summed E-state index contributed by atoms with van der Waals surface area (Å²) in [6, 6.07) is -3.97. The molecule has 59 heavy (non-hydrogen) atoms. The van der Waals surface area contributed by atoms with Crippen LogP contribution >= 0.6 is 0 Å². The van der Waals surface area contributed by atoms with Crippen LogP contribution in [0, 0.1) is 0 Å². The van der Waals surface area contributed by atoms with Gasteiger partial charge in [0.15, 0.2) is 6.29 Å². The summed E-state index contributed by atoms with van der Waals surface area (Å²) in [5.41, 5.74) is 2.76. The second kappa shape index (κ2) is 20.3. The predicted molar refractivity (Wildman–Crippen MR) is 209 cm³/mol. The fourth-order valence-corrected chi connectivity index (χ4v) is 6.59. The molecule has 21 heteroatoms. The number of aliphatic hydroxyl groups is 4. The number of rotatable bonds is 13. The fourth-order valence-electron chi connectivity index (χ4n) is 6.59. The van der Waals surface area contributed by atoms with Crippen LogP contribution in [-0.4, -0.2) is 161 Å². The van der Waals surface area contributed by atoms with E-state index >= 15 is 0 Å². The molecule has 2 aliphatic heterocycles. The van der Waals surface area contributed by atoms with E-state index in [4.69, 9.17) is 38.9 Å². The first-order chi connectivity index (χ1) is 27.1. The van der Waals surface area contributed by atoms with E-state index in [0.29, 0.717) is 0 Å². The highest BCUT2D eigenvalue weighted by Crippen LogP contribution is 2.32. The molecule has 0 bridgehead atoms. The van der Waals surface area contributed by atoms with Gasteiger partial charge >= 0.3 is 18.3 Å². The maximum Gasteiger partial charge on any atom is 0.408 e. The van der Waals surface area contributed by atoms with Gasteiger partial charge in [-0.25, -0.2) is 14.4 Å². The highest BCUT2D eigenvalue weighted by atomic mass is 16.7. The standard InChI is InChI=1S/C38H68N6O15/c1-35(2,3)57-32(49)41-15-14-23(45)29(48)43-22-16-20(39)26(24(46)27(22)56-31-25(47)28(40-11)38(10,52)18-53-31)55-30-21(44-34(51)59-37(7,8)9)13-12-19(54-30)17-42-33(50)58-36(4,5)6/h12,20-28,30-31,40,45-47,52H,13-18,39H2,1-11H3,(H,41,49)(H,42,50)(H,43,48)(H,44,51)/t20-,21+,22+,23-,24-,25+,26+,27-,28+,30+,31+,38-/m0/s1. The Morgan fingerprint density at radius 3 is 1.98 bits per heavy atom. The molecule has 1 aliphatic carbocycles. The molecular weight excluding hydrogens is 780 g/mol. The smallest absolute Gasteiger partial charge is 0.408 e. The van der Waals surface area contributed by atoms with Crippen LogP contribution in [0.5, 0.6) is 0 Å². The summed E-state index contributed by atoms with van der Waals surface area (Å²) in [5, 5.41) is 58.1. The van der Waals surface area contributed by atoms with Crippen molar-refractivity contribution in [3.63, 3.8) is 0 Å². The van der Waals surface area contributed by atoms with Crippen molar-refractivity contribution in [1.29, 1.82) is 0 Å². The minimum atomic E-state index is -1.68. The molecule has 2 heterocycles. The summed E-state index contributed by atoms with van der Waals surface area (Å²) >= 11 is 0. The average molecular weight is 849 g/mol. The maximum atomic E-state index is 13.3. The SMILES string of the molecule is CN[C@@H]1[C@@H](O)[C@@H](O[C@@H]2[C@@H](O)[C@H](O[C@H]3OC(CNC(=O)OC(C)(C)C)=CC[C@H]3NC(=O)OC(C)(C)C)[C@@H](N)C[C@H]2NC(=O)[C@@H](O)CCNC(=O)OC(C)(C)C)OC[C@]1(C)O. The molecule has 12 atom stereocenters. The van der Waals surface area contributed by atoms with Crippen molar-refractivity contribution in [1.82, 2.24) is 26.6 Å². The number of ether oxygens (including phenoxy) is 7. The van der Waals surface area contributed by atoms with Gasteiger partial charge in [-0.3, -0.25) is 4.79 Å². The minimum absolute atomic E-state index is 0.108. The van der Waals surface area contributed by atoms with E-state index < -0.39 is 114 Å². The Morgan fingerprint density at radius 2 is 1.41 bits per heavy atom. The molecule has 0 aromatic heterocycles. The quantitative estimate of drug-likeness (QED) is 0.107. The van der Waals surface area contributed by atoms with Crippen molar-refractivity contribution in [2.75, 3.05) is 26.7 Å². The van der Waals surface area contributed by atoms with Gasteiger partial charge in [-0.2, -0.15) is 0 Å². The third-order valence-corrected chi connectivity index (χ3v) is 9.16. The first kappa shape index (κ1) is 49.8. The Labute approximate surface area is 345 Å². The number of aliphatic hydroxyl groups excluding tert-OH is 3. The van der Waals surface area contributed by atoms with Crippen LogP contribution in [0.25, 0.3) is 0 Å². The van der Waals surface area contributed by atoms with Gasteiger partial charge in [0.1, 0.15) is 58.7 Å². The normalized spacial score (nSPS) is 32.0. The number of nitrogens with two attached hydrogens (primary N) is 1. The zero-order chi connectivity index (χ0) is 44.7. The van der Waals surface area contributed by atoms with E-state index in [1.165, 1.54) is 14.0 Å². The Morgan fingerprint density at radius 1 is 0.847 bits per heavy atom. The number of nitrogens with one attached hydrogen (secondary N) is 5. The van der Waals surface area contributed by atoms with Crippen molar-refractivity contribution < 1.29 is 72.8 Å². The maximum absolute atomic E-state index is 13.3. The van der Waals surface area contributed by atoms with Gasteiger partial charge in [0.05, 0.1) is 31.3 Å². The number of likely N-dealkylation sites (N-methyl/N-ethyl adjacent to an activating group) is 1. The van der Waals surface area contributed by atoms with E-state index in [-0.39, 0.29) is 44.7 Å². The third-order valence-electron chi connectivity index (χ3n) is 9.16. The second-order valence-electron chi connectivity index (χ2n) is 18.2. The topological polar surface area (TPSA) is 300 Å². The Bertz CT molecular complexity index is 1460. The summed E-state index contributed by atoms with van der Waals surface area (Å²) in [5.74, 6) is -0.627. The molecule has 1 saturated heterocycles. The highest BCUT2D eigenvalue weighted by molar-refractivity contribution is 5.81. The summed E-state index contributed by atoms with van der Waals surface area (Å²) in [4.78, 5) is 50.7. The van der Waals surface area contributed by atoms with E-state index in [2.05, 4.69) is 26.6 Å². The lowest BCUT2D eigenvalue weighted by Crippen LogP contribution is -2.69. The molecule has 0 unspecified atom stereocenters. The number of alkyl carbamates (subject to hydrolysis) is 3. The van der Waals surface area contributed by atoms with Crippen LogP contribution in [0.15, 0.2) is 11.8 Å². The molecule has 340 valence electrons. The van der Waals surface area contributed by atoms with Crippen molar-refractivity contribution in [2.45, 2.75) is 178 Å². The Kier molecular flexibility index (Phi) is 17.2. The molecule has 11 N–H and O–H groups in total. The molecule has 2 fully saturated rings. The molecule has 1 saturated carbocycles. The van der Waals surface area contributed by atoms with Gasteiger partial charge in [0.25, 0.3) is 0 Å². The third kappa shape index (κ3) is 15.8. The number of hydrogen-bond acceptors (Lipinski definition) is 17. The lowest BCUT2D eigenvalue weighted by molar-refractivity contribution is -0.304. The Balaban J connectivity index is 1.86. The van der Waals surface area contributed by atoms with E-state index in [1.807, 2.05) is 0 Å². The highest BCUT2D eigenvalue weighted by Gasteiger charge is 2.52. The van der Waals surface area contributed by atoms with Crippen LogP contribution < -0.4 is 32.3 Å². The van der Waals surface area contributed by atoms with Crippen molar-refractivity contribution >= 4 is 24.2 Å². The molecule has 0 radical (unpaired) electrons. The lowest BCUT2D eigenvalue weighted by atomic mass is 9.83. The molecule has 3 rings (SSSR count). The summed E-state index contributed by atoms with van der Waals surface area (Å²) in [6.07, 6.45) is -11.0. The molecule has 0 aromatic carbocycles. The van der Waals surface area contributed by atoms with E-state index in [1.54, 1.807) is 68.4 Å². The molecular formula is C38H68N6O15. The van der Waals surface area contributed by atoms with Gasteiger partial charge in [-0.05, 0) is 102 Å². The van der Waals surface area contributed by atoms with Gasteiger partial charge in [0.2, 0.25) is 12.2 Å². The van der Waals surface area contributed by atoms with Crippen LogP contribution in [0.3, 0.4) is 0 Å². The molecule has 4 amide bonds. The zero-order valence-electron chi connectivity index (χ0n) is 36.0. The summed E-state index contributed by atoms with van der Waals surface area (Å²) in [7, 11) is 1.53. The first-order valence-corrected chi connectivity index (χ1v) is 19.8. The van der Waals surface area contributed by atoms with Gasteiger partial charge in [-0.15, -0.1) is 0 Å². The fraction of sp³-hybridized carbons (Fsp3) is 0.842. The number of carbonyl (C=O) groups is 4. The van der Waals surface area contributed by atoms with Gasteiger partial charge in [-0.1, -0.05) is 0 Å². The van der Waals surface area contributed by atoms with Crippen molar-refractivity contribution in [3.05, 3.63) is 11.8 Å². The summed E-state index contributed by atoms with van der Waals surface area (Å²) in [6.45, 7) is 16.2. The lowest BCUT2D eigenvalue weighted by Gasteiger charge is -2.49. The van der Waals surface area contributed by atoms with Crippen LogP contribution in [0.4, 0.5) is 14.4 Å². The predicted octanol–water partition coefficient (Wildman–Crippen LogP) is -0.286. The van der Waals surface area contributed by atoms with E-state index in [9.17, 15) is 39.6 Å². The van der Waals surface area contributed by atoms with Gasteiger partial charge in [0, 0.05) is 12.6 Å².